The molecule has 0 saturated carbocycles. The average Bonchev–Trinajstić information content (AvgIpc) is 2.39. The number of rotatable bonds is 3. The second-order valence-corrected chi connectivity index (χ2v) is 6.10. The minimum atomic E-state index is -3.60. The quantitative estimate of drug-likeness (QED) is 0.822. The van der Waals surface area contributed by atoms with Crippen LogP contribution in [0.4, 0.5) is 0 Å². The van der Waals surface area contributed by atoms with Crippen molar-refractivity contribution in [1.82, 2.24) is 4.31 Å². The van der Waals surface area contributed by atoms with Crippen molar-refractivity contribution in [2.75, 3.05) is 20.2 Å². The summed E-state index contributed by atoms with van der Waals surface area (Å²) in [6.45, 7) is 0.366. The van der Waals surface area contributed by atoms with E-state index in [1.54, 1.807) is 12.1 Å². The molecular formula is C12H15NO4S. The lowest BCUT2D eigenvalue weighted by Crippen LogP contribution is -2.40. The van der Waals surface area contributed by atoms with Gasteiger partial charge >= 0.3 is 0 Å². The van der Waals surface area contributed by atoms with Crippen LogP contribution in [0.15, 0.2) is 29.2 Å². The van der Waals surface area contributed by atoms with Gasteiger partial charge in [-0.2, -0.15) is 4.31 Å². The third kappa shape index (κ3) is 2.54. The van der Waals surface area contributed by atoms with Crippen LogP contribution < -0.4 is 4.74 Å². The molecule has 0 radical (unpaired) electrons. The zero-order valence-electron chi connectivity index (χ0n) is 10.1. The van der Waals surface area contributed by atoms with Crippen LogP contribution in [-0.4, -0.2) is 38.7 Å². The molecule has 1 aromatic carbocycles. The van der Waals surface area contributed by atoms with Crippen LogP contribution in [0.25, 0.3) is 0 Å². The highest BCUT2D eigenvalue weighted by Crippen LogP contribution is 2.22. The van der Waals surface area contributed by atoms with E-state index in [9.17, 15) is 13.2 Å². The highest BCUT2D eigenvalue weighted by atomic mass is 32.2. The Balaban J connectivity index is 2.32. The van der Waals surface area contributed by atoms with Gasteiger partial charge in [0.25, 0.3) is 0 Å². The molecule has 0 aliphatic carbocycles. The molecule has 0 amide bonds. The Morgan fingerprint density at radius 1 is 1.33 bits per heavy atom. The van der Waals surface area contributed by atoms with E-state index in [-0.39, 0.29) is 17.2 Å². The van der Waals surface area contributed by atoms with Crippen LogP contribution in [0.1, 0.15) is 12.8 Å². The number of nitrogens with zero attached hydrogens (tertiary/aromatic N) is 1. The summed E-state index contributed by atoms with van der Waals surface area (Å²) in [6.07, 6.45) is 1.05. The van der Waals surface area contributed by atoms with Crippen molar-refractivity contribution in [3.05, 3.63) is 24.3 Å². The van der Waals surface area contributed by atoms with E-state index in [1.165, 1.54) is 23.5 Å². The smallest absolute Gasteiger partial charge is 0.243 e. The van der Waals surface area contributed by atoms with E-state index in [1.807, 2.05) is 0 Å². The Kier molecular flexibility index (Phi) is 3.68. The summed E-state index contributed by atoms with van der Waals surface area (Å²) in [5, 5.41) is 0. The molecule has 0 atom stereocenters. The summed E-state index contributed by atoms with van der Waals surface area (Å²) >= 11 is 0. The van der Waals surface area contributed by atoms with Crippen LogP contribution in [-0.2, 0) is 14.8 Å². The van der Waals surface area contributed by atoms with Gasteiger partial charge in [0.1, 0.15) is 11.5 Å². The van der Waals surface area contributed by atoms with Crippen LogP contribution in [0.3, 0.4) is 0 Å². The number of sulfonamides is 1. The van der Waals surface area contributed by atoms with Gasteiger partial charge in [-0.05, 0) is 18.6 Å². The highest BCUT2D eigenvalue weighted by Gasteiger charge is 2.29. The van der Waals surface area contributed by atoms with Crippen molar-refractivity contribution in [3.8, 4) is 5.75 Å². The lowest BCUT2D eigenvalue weighted by atomic mass is 10.1. The van der Waals surface area contributed by atoms with Crippen LogP contribution >= 0.6 is 0 Å². The highest BCUT2D eigenvalue weighted by molar-refractivity contribution is 7.89. The molecule has 0 bridgehead atoms. The van der Waals surface area contributed by atoms with Crippen molar-refractivity contribution in [2.45, 2.75) is 17.7 Å². The summed E-state index contributed by atoms with van der Waals surface area (Å²) in [5.74, 6) is 0.451. The topological polar surface area (TPSA) is 63.7 Å². The number of carbonyl (C=O) groups is 1. The summed E-state index contributed by atoms with van der Waals surface area (Å²) in [7, 11) is -2.11. The monoisotopic (exact) mass is 269 g/mol. The number of benzene rings is 1. The summed E-state index contributed by atoms with van der Waals surface area (Å²) in [6, 6.07) is 6.28. The van der Waals surface area contributed by atoms with Gasteiger partial charge in [0.2, 0.25) is 10.0 Å². The second-order valence-electron chi connectivity index (χ2n) is 4.16. The van der Waals surface area contributed by atoms with Crippen molar-refractivity contribution in [2.24, 2.45) is 0 Å². The summed E-state index contributed by atoms with van der Waals surface area (Å²) < 4.78 is 30.9. The van der Waals surface area contributed by atoms with E-state index in [0.717, 1.165) is 0 Å². The van der Waals surface area contributed by atoms with Gasteiger partial charge in [0.15, 0.2) is 0 Å². The van der Waals surface area contributed by atoms with E-state index in [0.29, 0.717) is 25.1 Å². The van der Waals surface area contributed by atoms with Crippen molar-refractivity contribution >= 4 is 15.8 Å². The summed E-state index contributed by atoms with van der Waals surface area (Å²) in [5.41, 5.74) is 0. The van der Waals surface area contributed by atoms with Gasteiger partial charge in [-0.25, -0.2) is 8.42 Å². The molecule has 1 aliphatic heterocycles. The van der Waals surface area contributed by atoms with E-state index in [2.05, 4.69) is 0 Å². The lowest BCUT2D eigenvalue weighted by Gasteiger charge is -2.25. The molecule has 0 N–H and O–H groups in total. The zero-order chi connectivity index (χ0) is 13.2. The first-order valence-corrected chi connectivity index (χ1v) is 7.14. The number of carbonyl (C=O) groups excluding carboxylic acids is 1. The van der Waals surface area contributed by atoms with Crippen LogP contribution in [0.5, 0.6) is 5.75 Å². The van der Waals surface area contributed by atoms with Crippen LogP contribution in [0, 0.1) is 0 Å². The molecule has 0 unspecified atom stereocenters. The van der Waals surface area contributed by atoms with E-state index in [4.69, 9.17) is 4.74 Å². The minimum Gasteiger partial charge on any atom is -0.497 e. The Morgan fingerprint density at radius 3 is 2.78 bits per heavy atom. The molecule has 18 heavy (non-hydrogen) atoms. The number of piperidine rings is 1. The standard InChI is InChI=1S/C12H15NO4S/c1-17-11-5-2-6-12(8-11)18(15,16)13-7-3-4-10(14)9-13/h2,5-6,8H,3-4,7,9H2,1H3. The van der Waals surface area contributed by atoms with Crippen LogP contribution in [0.2, 0.25) is 0 Å². The zero-order valence-corrected chi connectivity index (χ0v) is 10.9. The molecule has 1 aliphatic rings. The number of Topliss-reactive ketones (excluding diaryl/α,β-unsaturated/α-hetero) is 1. The Morgan fingerprint density at radius 2 is 2.11 bits per heavy atom. The number of methoxy groups -OCH3 is 1. The molecule has 0 spiro atoms. The molecule has 5 nitrogen and oxygen atoms in total. The predicted molar refractivity (Wildman–Crippen MR) is 66.0 cm³/mol. The average molecular weight is 269 g/mol. The number of ether oxygens (including phenoxy) is 1. The van der Waals surface area contributed by atoms with Gasteiger partial charge < -0.3 is 4.74 Å². The molecular weight excluding hydrogens is 254 g/mol. The molecule has 6 heteroatoms. The SMILES string of the molecule is COc1cccc(S(=O)(=O)N2CCCC(=O)C2)c1. The van der Waals surface area contributed by atoms with E-state index < -0.39 is 10.0 Å². The molecule has 1 heterocycles. The fraction of sp³-hybridized carbons (Fsp3) is 0.417. The lowest BCUT2D eigenvalue weighted by molar-refractivity contribution is -0.120. The molecule has 98 valence electrons. The number of hydrogen-bond donors (Lipinski definition) is 0. The van der Waals surface area contributed by atoms with E-state index >= 15 is 0 Å². The fourth-order valence-electron chi connectivity index (χ4n) is 1.92. The van der Waals surface area contributed by atoms with Gasteiger partial charge in [-0.3, -0.25) is 4.79 Å². The molecule has 2 rings (SSSR count). The third-order valence-corrected chi connectivity index (χ3v) is 4.74. The fourth-order valence-corrected chi connectivity index (χ4v) is 3.42. The third-order valence-electron chi connectivity index (χ3n) is 2.89. The first-order valence-electron chi connectivity index (χ1n) is 5.70. The normalized spacial score (nSPS) is 17.7. The van der Waals surface area contributed by atoms with Crippen molar-refractivity contribution in [3.63, 3.8) is 0 Å². The molecule has 0 aromatic heterocycles. The first kappa shape index (κ1) is 13.0. The molecule has 1 saturated heterocycles. The second kappa shape index (κ2) is 5.07. The van der Waals surface area contributed by atoms with Gasteiger partial charge in [-0.15, -0.1) is 0 Å². The predicted octanol–water partition coefficient (Wildman–Crippen LogP) is 1.05. The Hall–Kier alpha value is -1.40. The van der Waals surface area contributed by atoms with Crippen molar-refractivity contribution in [1.29, 1.82) is 0 Å². The number of hydrogen-bond acceptors (Lipinski definition) is 4. The largest absolute Gasteiger partial charge is 0.497 e. The van der Waals surface area contributed by atoms with Crippen molar-refractivity contribution < 1.29 is 17.9 Å². The first-order chi connectivity index (χ1) is 8.54. The van der Waals surface area contributed by atoms with Gasteiger partial charge in [0.05, 0.1) is 18.6 Å². The summed E-state index contributed by atoms with van der Waals surface area (Å²) in [4.78, 5) is 11.5. The maximum absolute atomic E-state index is 12.3. The Bertz CT molecular complexity index is 553. The van der Waals surface area contributed by atoms with Gasteiger partial charge in [0, 0.05) is 19.0 Å². The maximum Gasteiger partial charge on any atom is 0.243 e. The molecule has 1 aromatic rings. The molecule has 1 fully saturated rings. The Labute approximate surface area is 106 Å². The number of ketones is 1. The van der Waals surface area contributed by atoms with Gasteiger partial charge in [-0.1, -0.05) is 6.07 Å². The minimum absolute atomic E-state index is 0.0282. The maximum atomic E-state index is 12.3.